The average molecular weight is 293 g/mol. The second-order valence-electron chi connectivity index (χ2n) is 6.04. The lowest BCUT2D eigenvalue weighted by atomic mass is 9.90. The minimum absolute atomic E-state index is 0.130. The first-order valence-corrected chi connectivity index (χ1v) is 7.54. The number of nitrogens with zero attached hydrogens (tertiary/aromatic N) is 2. The number of rotatable bonds is 2. The molecule has 0 radical (unpaired) electrons. The van der Waals surface area contributed by atoms with Crippen molar-refractivity contribution in [2.45, 2.75) is 30.8 Å². The van der Waals surface area contributed by atoms with Gasteiger partial charge in [0.1, 0.15) is 11.3 Å². The van der Waals surface area contributed by atoms with Gasteiger partial charge in [0.2, 0.25) is 0 Å². The zero-order chi connectivity index (χ0) is 14.2. The van der Waals surface area contributed by atoms with Crippen LogP contribution in [0.1, 0.15) is 19.8 Å². The molecule has 3 rings (SSSR count). The van der Waals surface area contributed by atoms with E-state index >= 15 is 0 Å². The fraction of sp³-hybridized carbons (Fsp3) is 0.533. The summed E-state index contributed by atoms with van der Waals surface area (Å²) in [5.41, 5.74) is -0.0470. The summed E-state index contributed by atoms with van der Waals surface area (Å²) >= 11 is 6.07. The fourth-order valence-electron chi connectivity index (χ4n) is 2.71. The summed E-state index contributed by atoms with van der Waals surface area (Å²) in [4.78, 5) is 7.06. The highest BCUT2D eigenvalue weighted by Gasteiger charge is 2.28. The van der Waals surface area contributed by atoms with Crippen molar-refractivity contribution in [1.29, 1.82) is 0 Å². The van der Waals surface area contributed by atoms with Gasteiger partial charge in [0.15, 0.2) is 0 Å². The van der Waals surface area contributed by atoms with Crippen LogP contribution in [0.2, 0.25) is 0 Å². The molecule has 0 aliphatic carbocycles. The van der Waals surface area contributed by atoms with Crippen LogP contribution < -0.4 is 21.2 Å². The van der Waals surface area contributed by atoms with E-state index in [1.807, 2.05) is 18.3 Å². The van der Waals surface area contributed by atoms with Gasteiger partial charge in [-0.1, -0.05) is 11.6 Å². The monoisotopic (exact) mass is 292 g/mol. The van der Waals surface area contributed by atoms with E-state index < -0.39 is 0 Å². The Hall–Kier alpha value is -1.26. The zero-order valence-corrected chi connectivity index (χ0v) is 12.7. The Labute approximate surface area is 124 Å². The van der Waals surface area contributed by atoms with Gasteiger partial charge in [0.25, 0.3) is 0 Å². The Bertz CT molecular complexity index is 605. The third kappa shape index (κ3) is 2.91. The number of fused-ring (bicyclic) bond motifs is 1. The van der Waals surface area contributed by atoms with Crippen LogP contribution in [-0.4, -0.2) is 41.1 Å². The molecule has 1 aromatic rings. The molecule has 1 unspecified atom stereocenters. The van der Waals surface area contributed by atoms with Gasteiger partial charge < -0.3 is 15.5 Å². The molecular weight excluding hydrogens is 272 g/mol. The largest absolute Gasteiger partial charge is 0.371 e. The number of piperidine rings is 1. The number of hydrogen-bond donors (Lipinski definition) is 2. The molecule has 1 saturated heterocycles. The number of anilines is 1. The van der Waals surface area contributed by atoms with Crippen molar-refractivity contribution in [1.82, 2.24) is 15.2 Å². The van der Waals surface area contributed by atoms with E-state index in [0.29, 0.717) is 0 Å². The molecule has 1 atom stereocenters. The molecule has 1 fully saturated rings. The predicted octanol–water partition coefficient (Wildman–Crippen LogP) is 0.664. The van der Waals surface area contributed by atoms with Gasteiger partial charge in [-0.05, 0) is 45.0 Å². The van der Waals surface area contributed by atoms with Crippen LogP contribution in [0, 0.1) is 0 Å². The second-order valence-corrected chi connectivity index (χ2v) is 6.51. The normalized spacial score (nSPS) is 24.9. The second kappa shape index (κ2) is 5.26. The minimum Gasteiger partial charge on any atom is -0.371 e. The maximum atomic E-state index is 6.07. The third-order valence-corrected chi connectivity index (χ3v) is 4.43. The van der Waals surface area contributed by atoms with E-state index in [0.717, 1.165) is 42.3 Å². The third-order valence-electron chi connectivity index (χ3n) is 4.18. The maximum Gasteiger partial charge on any atom is 0.127 e. The quantitative estimate of drug-likeness (QED) is 0.621. The number of pyridine rings is 1. The molecule has 4 nitrogen and oxygen atoms in total. The molecule has 0 bridgehead atoms. The molecule has 0 spiro atoms. The molecular formula is C15H21ClN4. The highest BCUT2D eigenvalue weighted by molar-refractivity contribution is 6.23. The topological polar surface area (TPSA) is 40.2 Å². The van der Waals surface area contributed by atoms with Gasteiger partial charge in [0.05, 0.1) is 5.35 Å². The standard InChI is InChI=1S/C15H21ClN4/c1-15(5-7-20(2)8-6-15)19-14-4-3-11-10-17-13(16)9-12(11)18-14/h3-4,9-10,13,17H,5-8H2,1-2H3,(H,18,19). The average Bonchev–Trinajstić information content (AvgIpc) is 2.42. The number of halogens is 1. The predicted molar refractivity (Wildman–Crippen MR) is 84.0 cm³/mol. The number of alkyl halides is 1. The van der Waals surface area contributed by atoms with Gasteiger partial charge in [0, 0.05) is 30.0 Å². The molecule has 5 heteroatoms. The molecule has 0 saturated carbocycles. The zero-order valence-electron chi connectivity index (χ0n) is 12.0. The van der Waals surface area contributed by atoms with Crippen LogP contribution in [0.5, 0.6) is 0 Å². The Morgan fingerprint density at radius 1 is 1.40 bits per heavy atom. The SMILES string of the molecule is CN1CCC(C)(Nc2ccc3c(n2)=CC(Cl)NC=3)CC1. The van der Waals surface area contributed by atoms with Crippen molar-refractivity contribution in [3.8, 4) is 0 Å². The van der Waals surface area contributed by atoms with Crippen molar-refractivity contribution in [3.05, 3.63) is 22.7 Å². The van der Waals surface area contributed by atoms with Crippen LogP contribution in [0.25, 0.3) is 12.3 Å². The van der Waals surface area contributed by atoms with Gasteiger partial charge >= 0.3 is 0 Å². The molecule has 3 heterocycles. The highest BCUT2D eigenvalue weighted by atomic mass is 35.5. The van der Waals surface area contributed by atoms with Crippen molar-refractivity contribution in [2.75, 3.05) is 25.5 Å². The lowest BCUT2D eigenvalue weighted by molar-refractivity contribution is 0.216. The van der Waals surface area contributed by atoms with Crippen molar-refractivity contribution in [2.24, 2.45) is 0 Å². The number of nitrogens with one attached hydrogen (secondary N) is 2. The van der Waals surface area contributed by atoms with Crippen LogP contribution in [-0.2, 0) is 0 Å². The Kier molecular flexibility index (Phi) is 3.61. The first kappa shape index (κ1) is 13.7. The van der Waals surface area contributed by atoms with Crippen LogP contribution >= 0.6 is 11.6 Å². The van der Waals surface area contributed by atoms with Crippen molar-refractivity contribution in [3.63, 3.8) is 0 Å². The van der Waals surface area contributed by atoms with Crippen LogP contribution in [0.4, 0.5) is 5.82 Å². The fourth-order valence-corrected chi connectivity index (χ4v) is 2.90. The number of hydrogen-bond acceptors (Lipinski definition) is 4. The summed E-state index contributed by atoms with van der Waals surface area (Å²) in [6, 6.07) is 4.12. The summed E-state index contributed by atoms with van der Waals surface area (Å²) in [6.45, 7) is 4.53. The highest BCUT2D eigenvalue weighted by Crippen LogP contribution is 2.24. The van der Waals surface area contributed by atoms with E-state index in [-0.39, 0.29) is 11.0 Å². The molecule has 1 aromatic heterocycles. The molecule has 0 amide bonds. The molecule has 108 valence electrons. The van der Waals surface area contributed by atoms with E-state index in [4.69, 9.17) is 11.6 Å². The lowest BCUT2D eigenvalue weighted by Crippen LogP contribution is -2.47. The number of likely N-dealkylation sites (tertiary alicyclic amines) is 1. The molecule has 2 aliphatic heterocycles. The number of aromatic nitrogens is 1. The van der Waals surface area contributed by atoms with Crippen LogP contribution in [0.15, 0.2) is 12.1 Å². The van der Waals surface area contributed by atoms with E-state index in [2.05, 4.69) is 40.6 Å². The van der Waals surface area contributed by atoms with Gasteiger partial charge in [-0.3, -0.25) is 0 Å². The summed E-state index contributed by atoms with van der Waals surface area (Å²) in [7, 11) is 2.18. The Morgan fingerprint density at radius 2 is 2.15 bits per heavy atom. The Balaban J connectivity index is 1.82. The molecule has 2 N–H and O–H groups in total. The molecule has 2 aliphatic rings. The van der Waals surface area contributed by atoms with Crippen LogP contribution in [0.3, 0.4) is 0 Å². The van der Waals surface area contributed by atoms with E-state index in [1.54, 1.807) is 0 Å². The summed E-state index contributed by atoms with van der Waals surface area (Å²) in [5.74, 6) is 0.936. The van der Waals surface area contributed by atoms with Gasteiger partial charge in [-0.25, -0.2) is 4.98 Å². The summed E-state index contributed by atoms with van der Waals surface area (Å²) in [5, 5.41) is 8.71. The van der Waals surface area contributed by atoms with Gasteiger partial charge in [-0.15, -0.1) is 0 Å². The van der Waals surface area contributed by atoms with Crippen molar-refractivity contribution < 1.29 is 0 Å². The smallest absolute Gasteiger partial charge is 0.127 e. The summed E-state index contributed by atoms with van der Waals surface area (Å²) < 4.78 is 0. The molecule has 20 heavy (non-hydrogen) atoms. The van der Waals surface area contributed by atoms with Crippen molar-refractivity contribution >= 4 is 29.7 Å². The van der Waals surface area contributed by atoms with E-state index in [9.17, 15) is 0 Å². The Morgan fingerprint density at radius 3 is 2.90 bits per heavy atom. The first-order chi connectivity index (χ1) is 9.54. The molecule has 0 aromatic carbocycles. The van der Waals surface area contributed by atoms with Gasteiger partial charge in [-0.2, -0.15) is 0 Å². The lowest BCUT2D eigenvalue weighted by Gasteiger charge is -2.39. The minimum atomic E-state index is -0.177. The van der Waals surface area contributed by atoms with E-state index in [1.165, 1.54) is 0 Å². The maximum absolute atomic E-state index is 6.07. The first-order valence-electron chi connectivity index (χ1n) is 7.10. The summed E-state index contributed by atoms with van der Waals surface area (Å²) in [6.07, 6.45) is 6.13.